The van der Waals surface area contributed by atoms with Crippen LogP contribution >= 0.6 is 0 Å². The highest BCUT2D eigenvalue weighted by molar-refractivity contribution is 6.03. The van der Waals surface area contributed by atoms with Crippen molar-refractivity contribution in [2.24, 2.45) is 4.99 Å². The van der Waals surface area contributed by atoms with E-state index in [2.05, 4.69) is 0 Å². The summed E-state index contributed by atoms with van der Waals surface area (Å²) >= 11 is 0. The molecule has 0 amide bonds. The minimum atomic E-state index is -0.475. The van der Waals surface area contributed by atoms with Crippen LogP contribution in [0.3, 0.4) is 0 Å². The van der Waals surface area contributed by atoms with E-state index >= 15 is 0 Å². The van der Waals surface area contributed by atoms with Gasteiger partial charge in [-0.3, -0.25) is 9.79 Å². The first-order chi connectivity index (χ1) is 11.9. The molecule has 0 saturated carbocycles. The highest BCUT2D eigenvalue weighted by Crippen LogP contribution is 2.20. The lowest BCUT2D eigenvalue weighted by Gasteiger charge is -2.19. The van der Waals surface area contributed by atoms with Gasteiger partial charge in [-0.05, 0) is 50.6 Å². The Hall–Kier alpha value is -2.62. The number of esters is 1. The van der Waals surface area contributed by atoms with E-state index in [1.54, 1.807) is 7.11 Å². The van der Waals surface area contributed by atoms with Gasteiger partial charge in [0.15, 0.2) is 0 Å². The third-order valence-electron chi connectivity index (χ3n) is 3.43. The fourth-order valence-electron chi connectivity index (χ4n) is 2.32. The van der Waals surface area contributed by atoms with E-state index in [1.807, 2.05) is 75.4 Å². The van der Waals surface area contributed by atoms with Crippen LogP contribution < -0.4 is 4.74 Å². The molecule has 4 nitrogen and oxygen atoms in total. The van der Waals surface area contributed by atoms with Crippen LogP contribution in [0.1, 0.15) is 39.2 Å². The Balaban J connectivity index is 2.18. The summed E-state index contributed by atoms with van der Waals surface area (Å²) in [5.41, 5.74) is 2.21. The van der Waals surface area contributed by atoms with Crippen LogP contribution in [0.25, 0.3) is 0 Å². The summed E-state index contributed by atoms with van der Waals surface area (Å²) < 4.78 is 10.6. The number of hydrogen-bond donors (Lipinski definition) is 0. The molecular weight excluding hydrogens is 314 g/mol. The predicted octanol–water partition coefficient (Wildman–Crippen LogP) is 4.94. The van der Waals surface area contributed by atoms with Gasteiger partial charge in [-0.15, -0.1) is 0 Å². The summed E-state index contributed by atoms with van der Waals surface area (Å²) in [4.78, 5) is 16.8. The summed E-state index contributed by atoms with van der Waals surface area (Å²) in [6.07, 6.45) is 0.812. The van der Waals surface area contributed by atoms with Crippen molar-refractivity contribution in [3.8, 4) is 5.75 Å². The number of carbonyl (C=O) groups is 1. The van der Waals surface area contributed by atoms with E-state index in [-0.39, 0.29) is 5.97 Å². The van der Waals surface area contributed by atoms with Crippen molar-refractivity contribution in [1.29, 1.82) is 0 Å². The normalized spacial score (nSPS) is 11.9. The maximum atomic E-state index is 12.0. The van der Waals surface area contributed by atoms with E-state index in [0.29, 0.717) is 12.8 Å². The zero-order chi connectivity index (χ0) is 18.3. The topological polar surface area (TPSA) is 47.9 Å². The van der Waals surface area contributed by atoms with E-state index in [9.17, 15) is 4.79 Å². The first-order valence-electron chi connectivity index (χ1n) is 8.36. The van der Waals surface area contributed by atoms with E-state index in [4.69, 9.17) is 14.5 Å². The maximum absolute atomic E-state index is 12.0. The van der Waals surface area contributed by atoms with Crippen molar-refractivity contribution in [3.63, 3.8) is 0 Å². The maximum Gasteiger partial charge on any atom is 0.306 e. The average Bonchev–Trinajstić information content (AvgIpc) is 2.58. The standard InChI is InChI=1S/C21H25NO3/c1-21(2,3)25-20(23)15-14-19(16-8-6-5-7-9-16)22-17-10-12-18(24-4)13-11-17/h5-13H,14-15H2,1-4H3. The Morgan fingerprint density at radius 2 is 1.60 bits per heavy atom. The number of benzene rings is 2. The second kappa shape index (κ2) is 8.47. The van der Waals surface area contributed by atoms with Crippen molar-refractivity contribution >= 4 is 17.4 Å². The zero-order valence-corrected chi connectivity index (χ0v) is 15.3. The number of hydrogen-bond acceptors (Lipinski definition) is 4. The number of ether oxygens (including phenoxy) is 2. The molecule has 0 atom stereocenters. The SMILES string of the molecule is COc1ccc(N=C(CCC(=O)OC(C)(C)C)c2ccccc2)cc1. The molecular formula is C21H25NO3. The molecule has 0 radical (unpaired) electrons. The molecule has 4 heteroatoms. The quantitative estimate of drug-likeness (QED) is 0.553. The number of aliphatic imine (C=N–C) groups is 1. The van der Waals surface area contributed by atoms with Crippen LogP contribution in [0.15, 0.2) is 59.6 Å². The van der Waals surface area contributed by atoms with Crippen molar-refractivity contribution in [1.82, 2.24) is 0 Å². The third kappa shape index (κ3) is 6.42. The van der Waals surface area contributed by atoms with Gasteiger partial charge < -0.3 is 9.47 Å². The molecule has 0 aliphatic carbocycles. The summed E-state index contributed by atoms with van der Waals surface area (Å²) in [5.74, 6) is 0.569. The Morgan fingerprint density at radius 1 is 0.960 bits per heavy atom. The minimum Gasteiger partial charge on any atom is -0.497 e. The van der Waals surface area contributed by atoms with Gasteiger partial charge in [0, 0.05) is 12.1 Å². The number of carbonyl (C=O) groups excluding carboxylic acids is 1. The summed E-state index contributed by atoms with van der Waals surface area (Å²) in [6.45, 7) is 5.61. The summed E-state index contributed by atoms with van der Waals surface area (Å²) in [7, 11) is 1.63. The van der Waals surface area contributed by atoms with E-state index in [0.717, 1.165) is 22.7 Å². The molecule has 0 unspecified atom stereocenters. The highest BCUT2D eigenvalue weighted by atomic mass is 16.6. The van der Waals surface area contributed by atoms with Crippen LogP contribution in [0.4, 0.5) is 5.69 Å². The molecule has 25 heavy (non-hydrogen) atoms. The number of nitrogens with zero attached hydrogens (tertiary/aromatic N) is 1. The second-order valence-corrected chi connectivity index (χ2v) is 6.71. The molecule has 132 valence electrons. The molecule has 2 aromatic carbocycles. The Morgan fingerprint density at radius 3 is 2.16 bits per heavy atom. The van der Waals surface area contributed by atoms with Crippen LogP contribution in [-0.2, 0) is 9.53 Å². The molecule has 0 heterocycles. The lowest BCUT2D eigenvalue weighted by molar-refractivity contribution is -0.154. The van der Waals surface area contributed by atoms with Crippen molar-refractivity contribution in [3.05, 3.63) is 60.2 Å². The Bertz CT molecular complexity index is 713. The monoisotopic (exact) mass is 339 g/mol. The lowest BCUT2D eigenvalue weighted by atomic mass is 10.1. The van der Waals surface area contributed by atoms with Gasteiger partial charge in [-0.1, -0.05) is 30.3 Å². The van der Waals surface area contributed by atoms with Crippen molar-refractivity contribution in [2.75, 3.05) is 7.11 Å². The molecule has 0 fully saturated rings. The van der Waals surface area contributed by atoms with Crippen LogP contribution in [0, 0.1) is 0 Å². The van der Waals surface area contributed by atoms with Gasteiger partial charge >= 0.3 is 5.97 Å². The van der Waals surface area contributed by atoms with Gasteiger partial charge in [0.25, 0.3) is 0 Å². The predicted molar refractivity (Wildman–Crippen MR) is 101 cm³/mol. The highest BCUT2D eigenvalue weighted by Gasteiger charge is 2.17. The average molecular weight is 339 g/mol. The second-order valence-electron chi connectivity index (χ2n) is 6.71. The van der Waals surface area contributed by atoms with Crippen molar-refractivity contribution < 1.29 is 14.3 Å². The largest absolute Gasteiger partial charge is 0.497 e. The van der Waals surface area contributed by atoms with Gasteiger partial charge in [-0.2, -0.15) is 0 Å². The zero-order valence-electron chi connectivity index (χ0n) is 15.3. The van der Waals surface area contributed by atoms with Gasteiger partial charge in [-0.25, -0.2) is 0 Å². The Labute approximate surface area is 149 Å². The van der Waals surface area contributed by atoms with Crippen LogP contribution in [0.2, 0.25) is 0 Å². The molecule has 0 aromatic heterocycles. The summed E-state index contributed by atoms with van der Waals surface area (Å²) in [6, 6.07) is 17.4. The number of rotatable bonds is 6. The van der Waals surface area contributed by atoms with Gasteiger partial charge in [0.2, 0.25) is 0 Å². The van der Waals surface area contributed by atoms with Crippen LogP contribution in [0.5, 0.6) is 5.75 Å². The first kappa shape index (κ1) is 18.7. The number of methoxy groups -OCH3 is 1. The molecule has 2 rings (SSSR count). The smallest absolute Gasteiger partial charge is 0.306 e. The molecule has 0 saturated heterocycles. The molecule has 0 aliphatic rings. The fourth-order valence-corrected chi connectivity index (χ4v) is 2.32. The van der Waals surface area contributed by atoms with E-state index in [1.165, 1.54) is 0 Å². The van der Waals surface area contributed by atoms with Gasteiger partial charge in [0.1, 0.15) is 11.4 Å². The van der Waals surface area contributed by atoms with E-state index < -0.39 is 5.60 Å². The van der Waals surface area contributed by atoms with Gasteiger partial charge in [0.05, 0.1) is 19.2 Å². The summed E-state index contributed by atoms with van der Waals surface area (Å²) in [5, 5.41) is 0. The lowest BCUT2D eigenvalue weighted by Crippen LogP contribution is -2.24. The van der Waals surface area contributed by atoms with Crippen molar-refractivity contribution in [2.45, 2.75) is 39.2 Å². The molecule has 0 N–H and O–H groups in total. The molecule has 0 aliphatic heterocycles. The van der Waals surface area contributed by atoms with Crippen LogP contribution in [-0.4, -0.2) is 24.4 Å². The first-order valence-corrected chi connectivity index (χ1v) is 8.36. The minimum absolute atomic E-state index is 0.217. The molecule has 0 bridgehead atoms. The molecule has 2 aromatic rings. The fraction of sp³-hybridized carbons (Fsp3) is 0.333. The molecule has 0 spiro atoms. The third-order valence-corrected chi connectivity index (χ3v) is 3.43. The Kier molecular flexibility index (Phi) is 6.34.